The van der Waals surface area contributed by atoms with Crippen LogP contribution in [0.15, 0.2) is 6.07 Å². The zero-order valence-corrected chi connectivity index (χ0v) is 14.4. The molecule has 0 atom stereocenters. The van der Waals surface area contributed by atoms with Crippen molar-refractivity contribution < 1.29 is 0 Å². The van der Waals surface area contributed by atoms with Crippen molar-refractivity contribution in [3.63, 3.8) is 0 Å². The third-order valence-electron chi connectivity index (χ3n) is 4.21. The first-order chi connectivity index (χ1) is 10.1. The molecule has 2 rings (SSSR count). The smallest absolute Gasteiger partial charge is 0.134 e. The molecule has 1 fully saturated rings. The van der Waals surface area contributed by atoms with Crippen LogP contribution in [0.25, 0.3) is 0 Å². The van der Waals surface area contributed by atoms with Gasteiger partial charge in [0.2, 0.25) is 0 Å². The Labute approximate surface area is 134 Å². The number of halogens is 1. The lowest BCUT2D eigenvalue weighted by atomic mass is 10.1. The molecule has 1 heterocycles. The van der Waals surface area contributed by atoms with Gasteiger partial charge in [-0.05, 0) is 31.6 Å². The zero-order chi connectivity index (χ0) is 15.2. The summed E-state index contributed by atoms with van der Waals surface area (Å²) in [5.74, 6) is 2.62. The van der Waals surface area contributed by atoms with Crippen molar-refractivity contribution in [1.29, 1.82) is 0 Å². The second-order valence-electron chi connectivity index (χ2n) is 6.53. The van der Waals surface area contributed by atoms with E-state index in [4.69, 9.17) is 16.6 Å². The molecule has 1 saturated carbocycles. The zero-order valence-electron chi connectivity index (χ0n) is 13.6. The first-order valence-corrected chi connectivity index (χ1v) is 8.78. The van der Waals surface area contributed by atoms with Gasteiger partial charge < -0.3 is 4.90 Å². The minimum atomic E-state index is 0.580. The fourth-order valence-electron chi connectivity index (χ4n) is 3.03. The molecule has 0 aliphatic heterocycles. The summed E-state index contributed by atoms with van der Waals surface area (Å²) in [5.41, 5.74) is 0. The van der Waals surface area contributed by atoms with E-state index in [9.17, 15) is 0 Å². The molecule has 0 N–H and O–H groups in total. The number of aromatic nitrogens is 2. The maximum atomic E-state index is 6.22. The van der Waals surface area contributed by atoms with Gasteiger partial charge in [0, 0.05) is 25.1 Å². The normalized spacial score (nSPS) is 15.9. The van der Waals surface area contributed by atoms with Gasteiger partial charge in [-0.25, -0.2) is 9.97 Å². The third kappa shape index (κ3) is 4.84. The Bertz CT molecular complexity index is 442. The molecule has 21 heavy (non-hydrogen) atoms. The van der Waals surface area contributed by atoms with Gasteiger partial charge in [-0.2, -0.15) is 0 Å². The SMILES string of the molecule is CCCc1nc(Cl)cc(N(CCC(C)C)C2CCCC2)n1. The van der Waals surface area contributed by atoms with E-state index < -0.39 is 0 Å². The molecule has 0 radical (unpaired) electrons. The summed E-state index contributed by atoms with van der Waals surface area (Å²) in [6, 6.07) is 2.57. The predicted octanol–water partition coefficient (Wildman–Crippen LogP) is 4.88. The molecule has 0 amide bonds. The maximum absolute atomic E-state index is 6.22. The molecule has 0 unspecified atom stereocenters. The van der Waals surface area contributed by atoms with E-state index in [0.29, 0.717) is 17.1 Å². The number of rotatable bonds is 7. The maximum Gasteiger partial charge on any atom is 0.134 e. The Kier molecular flexibility index (Phi) is 6.28. The Balaban J connectivity index is 2.21. The Hall–Kier alpha value is -0.830. The summed E-state index contributed by atoms with van der Waals surface area (Å²) in [5, 5.41) is 0.580. The highest BCUT2D eigenvalue weighted by Gasteiger charge is 2.24. The fourth-order valence-corrected chi connectivity index (χ4v) is 3.23. The van der Waals surface area contributed by atoms with Crippen molar-refractivity contribution in [3.05, 3.63) is 17.0 Å². The lowest BCUT2D eigenvalue weighted by Crippen LogP contribution is -2.35. The van der Waals surface area contributed by atoms with Crippen LogP contribution < -0.4 is 4.90 Å². The average Bonchev–Trinajstić information content (AvgIpc) is 2.92. The van der Waals surface area contributed by atoms with Crippen molar-refractivity contribution >= 4 is 17.4 Å². The molecule has 0 aromatic carbocycles. The topological polar surface area (TPSA) is 29.0 Å². The van der Waals surface area contributed by atoms with Gasteiger partial charge >= 0.3 is 0 Å². The van der Waals surface area contributed by atoms with Crippen LogP contribution >= 0.6 is 11.6 Å². The molecule has 0 saturated heterocycles. The molecular formula is C17H28ClN3. The van der Waals surface area contributed by atoms with Crippen LogP contribution in [0.4, 0.5) is 5.82 Å². The second-order valence-corrected chi connectivity index (χ2v) is 6.92. The van der Waals surface area contributed by atoms with Crippen LogP contribution in [-0.2, 0) is 6.42 Å². The number of hydrogen-bond donors (Lipinski definition) is 0. The highest BCUT2D eigenvalue weighted by molar-refractivity contribution is 6.29. The number of anilines is 1. The van der Waals surface area contributed by atoms with Crippen molar-refractivity contribution in [2.24, 2.45) is 5.92 Å². The molecule has 1 aromatic heterocycles. The van der Waals surface area contributed by atoms with E-state index in [1.54, 1.807) is 0 Å². The Morgan fingerprint density at radius 2 is 2.00 bits per heavy atom. The molecule has 4 heteroatoms. The lowest BCUT2D eigenvalue weighted by molar-refractivity contribution is 0.524. The monoisotopic (exact) mass is 309 g/mol. The predicted molar refractivity (Wildman–Crippen MR) is 90.1 cm³/mol. The van der Waals surface area contributed by atoms with Gasteiger partial charge in [0.15, 0.2) is 0 Å². The van der Waals surface area contributed by atoms with E-state index in [0.717, 1.165) is 31.0 Å². The standard InChI is InChI=1S/C17H28ClN3/c1-4-7-16-19-15(18)12-17(20-16)21(11-10-13(2)3)14-8-5-6-9-14/h12-14H,4-11H2,1-3H3. The van der Waals surface area contributed by atoms with Gasteiger partial charge in [-0.1, -0.05) is 45.2 Å². The van der Waals surface area contributed by atoms with E-state index in [1.807, 2.05) is 6.07 Å². The van der Waals surface area contributed by atoms with E-state index in [2.05, 4.69) is 30.7 Å². The molecular weight excluding hydrogens is 282 g/mol. The summed E-state index contributed by atoms with van der Waals surface area (Å²) in [6.07, 6.45) is 8.38. The summed E-state index contributed by atoms with van der Waals surface area (Å²) >= 11 is 6.22. The van der Waals surface area contributed by atoms with E-state index in [-0.39, 0.29) is 0 Å². The lowest BCUT2D eigenvalue weighted by Gasteiger charge is -2.31. The van der Waals surface area contributed by atoms with Gasteiger partial charge in [0.1, 0.15) is 16.8 Å². The number of hydrogen-bond acceptors (Lipinski definition) is 3. The molecule has 3 nitrogen and oxygen atoms in total. The van der Waals surface area contributed by atoms with Gasteiger partial charge in [-0.15, -0.1) is 0 Å². The van der Waals surface area contributed by atoms with Crippen LogP contribution in [0.3, 0.4) is 0 Å². The van der Waals surface area contributed by atoms with E-state index in [1.165, 1.54) is 32.1 Å². The summed E-state index contributed by atoms with van der Waals surface area (Å²) in [4.78, 5) is 11.6. The third-order valence-corrected chi connectivity index (χ3v) is 4.40. The van der Waals surface area contributed by atoms with E-state index >= 15 is 0 Å². The van der Waals surface area contributed by atoms with Crippen LogP contribution in [0.5, 0.6) is 0 Å². The Morgan fingerprint density at radius 3 is 2.62 bits per heavy atom. The first kappa shape index (κ1) is 16.5. The molecule has 1 aliphatic carbocycles. The van der Waals surface area contributed by atoms with Crippen molar-refractivity contribution in [2.75, 3.05) is 11.4 Å². The quantitative estimate of drug-likeness (QED) is 0.672. The second kappa shape index (κ2) is 7.98. The van der Waals surface area contributed by atoms with Gasteiger partial charge in [0.05, 0.1) is 0 Å². The fraction of sp³-hybridized carbons (Fsp3) is 0.765. The summed E-state index contributed by atoms with van der Waals surface area (Å²) in [6.45, 7) is 7.78. The molecule has 0 spiro atoms. The van der Waals surface area contributed by atoms with Crippen molar-refractivity contribution in [3.8, 4) is 0 Å². The summed E-state index contributed by atoms with van der Waals surface area (Å²) < 4.78 is 0. The van der Waals surface area contributed by atoms with Gasteiger partial charge in [-0.3, -0.25) is 0 Å². The Morgan fingerprint density at radius 1 is 1.29 bits per heavy atom. The van der Waals surface area contributed by atoms with Crippen LogP contribution in [0.2, 0.25) is 5.15 Å². The molecule has 0 bridgehead atoms. The minimum absolute atomic E-state index is 0.580. The summed E-state index contributed by atoms with van der Waals surface area (Å²) in [7, 11) is 0. The first-order valence-electron chi connectivity index (χ1n) is 8.40. The largest absolute Gasteiger partial charge is 0.353 e. The van der Waals surface area contributed by atoms with Gasteiger partial charge in [0.25, 0.3) is 0 Å². The molecule has 1 aromatic rings. The highest BCUT2D eigenvalue weighted by atomic mass is 35.5. The number of nitrogens with zero attached hydrogens (tertiary/aromatic N) is 3. The van der Waals surface area contributed by atoms with Crippen LogP contribution in [0.1, 0.15) is 65.1 Å². The van der Waals surface area contributed by atoms with Crippen molar-refractivity contribution in [1.82, 2.24) is 9.97 Å². The van der Waals surface area contributed by atoms with Crippen LogP contribution in [0, 0.1) is 5.92 Å². The highest BCUT2D eigenvalue weighted by Crippen LogP contribution is 2.29. The average molecular weight is 310 g/mol. The van der Waals surface area contributed by atoms with Crippen LogP contribution in [-0.4, -0.2) is 22.6 Å². The molecule has 118 valence electrons. The van der Waals surface area contributed by atoms with Crippen molar-refractivity contribution in [2.45, 2.75) is 71.8 Å². The molecule has 1 aliphatic rings. The number of aryl methyl sites for hydroxylation is 1. The minimum Gasteiger partial charge on any atom is -0.353 e.